The normalized spacial score (nSPS) is 17.0. The Kier molecular flexibility index (Phi) is 5.09. The molecule has 0 saturated heterocycles. The Morgan fingerprint density at radius 1 is 1.29 bits per heavy atom. The molecule has 114 valence electrons. The zero-order valence-electron chi connectivity index (χ0n) is 11.9. The van der Waals surface area contributed by atoms with E-state index in [0.29, 0.717) is 12.6 Å². The molecule has 1 aromatic heterocycles. The molecule has 0 fully saturated rings. The minimum absolute atomic E-state index is 0. The van der Waals surface area contributed by atoms with Crippen LogP contribution >= 0.6 is 12.4 Å². The van der Waals surface area contributed by atoms with Crippen molar-refractivity contribution in [2.24, 2.45) is 16.5 Å². The summed E-state index contributed by atoms with van der Waals surface area (Å²) in [6.45, 7) is 1.72. The summed E-state index contributed by atoms with van der Waals surface area (Å²) in [6.07, 6.45) is 3.10. The molecule has 6 heteroatoms. The molecule has 2 aromatic rings. The zero-order valence-corrected chi connectivity index (χ0v) is 12.7. The van der Waals surface area contributed by atoms with Crippen molar-refractivity contribution in [2.75, 3.05) is 13.1 Å². The van der Waals surface area contributed by atoms with Gasteiger partial charge in [-0.3, -0.25) is 4.99 Å². The van der Waals surface area contributed by atoms with E-state index in [1.807, 2.05) is 0 Å². The first-order chi connectivity index (χ1) is 9.75. The lowest BCUT2D eigenvalue weighted by Crippen LogP contribution is -2.30. The molecule has 1 aliphatic rings. The summed E-state index contributed by atoms with van der Waals surface area (Å²) >= 11 is 0. The van der Waals surface area contributed by atoms with Crippen molar-refractivity contribution < 1.29 is 0 Å². The summed E-state index contributed by atoms with van der Waals surface area (Å²) in [6, 6.07) is 8.90. The van der Waals surface area contributed by atoms with Crippen LogP contribution in [0.4, 0.5) is 0 Å². The number of hydrogen-bond donors (Lipinski definition) is 4. The fourth-order valence-electron chi connectivity index (χ4n) is 3.01. The predicted octanol–water partition coefficient (Wildman–Crippen LogP) is 1.83. The highest BCUT2D eigenvalue weighted by molar-refractivity contribution is 5.85. The quantitative estimate of drug-likeness (QED) is 0.394. The molecule has 0 amide bonds. The van der Waals surface area contributed by atoms with E-state index in [1.54, 1.807) is 0 Å². The molecule has 5 nitrogen and oxygen atoms in total. The maximum atomic E-state index is 5.35. The molecule has 0 aliphatic carbocycles. The van der Waals surface area contributed by atoms with Gasteiger partial charge in [0.25, 0.3) is 0 Å². The summed E-state index contributed by atoms with van der Waals surface area (Å²) in [7, 11) is 0. The number of para-hydroxylation sites is 1. The number of aromatic nitrogens is 1. The van der Waals surface area contributed by atoms with Gasteiger partial charge in [-0.1, -0.05) is 18.2 Å². The number of aliphatic imine (C=N–C) groups is 1. The van der Waals surface area contributed by atoms with Crippen molar-refractivity contribution in [3.63, 3.8) is 0 Å². The number of benzene rings is 1. The number of guanidine groups is 1. The number of H-pyrrole nitrogens is 1. The summed E-state index contributed by atoms with van der Waals surface area (Å²) in [5, 5.41) is 4.94. The molecular formula is C15H22ClN5. The Morgan fingerprint density at radius 3 is 2.90 bits per heavy atom. The van der Waals surface area contributed by atoms with Gasteiger partial charge in [0.2, 0.25) is 0 Å². The molecule has 21 heavy (non-hydrogen) atoms. The second kappa shape index (κ2) is 6.83. The molecule has 0 bridgehead atoms. The number of fused-ring (bicyclic) bond motifs is 3. The number of nitrogens with zero attached hydrogens (tertiary/aromatic N) is 1. The van der Waals surface area contributed by atoms with Gasteiger partial charge in [-0.25, -0.2) is 0 Å². The van der Waals surface area contributed by atoms with Gasteiger partial charge in [-0.2, -0.15) is 0 Å². The Hall–Kier alpha value is -1.72. The standard InChI is InChI=1S/C15H21N5.ClH/c16-15(17)19-8-3-6-13-14-11(7-9-18-13)10-4-1-2-5-12(10)20-14;/h1-2,4-5,13,18,20H,3,6-9H2,(H4,16,17,19);1H/t13-;/m1./s1. The molecule has 0 spiro atoms. The first kappa shape index (κ1) is 15.7. The van der Waals surface area contributed by atoms with Crippen molar-refractivity contribution in [1.29, 1.82) is 0 Å². The fourth-order valence-corrected chi connectivity index (χ4v) is 3.01. The molecule has 2 heterocycles. The topological polar surface area (TPSA) is 92.2 Å². The van der Waals surface area contributed by atoms with Crippen LogP contribution in [0, 0.1) is 0 Å². The molecule has 0 radical (unpaired) electrons. The van der Waals surface area contributed by atoms with Crippen LogP contribution in [-0.2, 0) is 6.42 Å². The molecular weight excluding hydrogens is 286 g/mol. The highest BCUT2D eigenvalue weighted by Gasteiger charge is 2.22. The highest BCUT2D eigenvalue weighted by atomic mass is 35.5. The highest BCUT2D eigenvalue weighted by Crippen LogP contribution is 2.31. The van der Waals surface area contributed by atoms with Gasteiger partial charge in [0, 0.05) is 29.2 Å². The first-order valence-electron chi connectivity index (χ1n) is 7.14. The van der Waals surface area contributed by atoms with Crippen LogP contribution in [0.2, 0.25) is 0 Å². The van der Waals surface area contributed by atoms with Crippen molar-refractivity contribution >= 4 is 29.3 Å². The molecule has 0 unspecified atom stereocenters. The maximum absolute atomic E-state index is 5.35. The molecule has 1 aliphatic heterocycles. The number of rotatable bonds is 4. The second-order valence-electron chi connectivity index (χ2n) is 5.27. The van der Waals surface area contributed by atoms with Gasteiger partial charge < -0.3 is 21.8 Å². The van der Waals surface area contributed by atoms with Crippen LogP contribution in [0.15, 0.2) is 29.3 Å². The summed E-state index contributed by atoms with van der Waals surface area (Å²) in [4.78, 5) is 7.61. The van der Waals surface area contributed by atoms with Gasteiger partial charge in [-0.05, 0) is 37.4 Å². The van der Waals surface area contributed by atoms with E-state index in [2.05, 4.69) is 39.6 Å². The van der Waals surface area contributed by atoms with Gasteiger partial charge in [0.1, 0.15) is 0 Å². The SMILES string of the molecule is Cl.NC(N)=NCCC[C@H]1NCCc2c1[nH]c1ccccc21. The number of nitrogens with one attached hydrogen (secondary N) is 2. The zero-order chi connectivity index (χ0) is 13.9. The Labute approximate surface area is 130 Å². The molecule has 6 N–H and O–H groups in total. The van der Waals surface area contributed by atoms with Crippen LogP contribution in [0.1, 0.15) is 30.1 Å². The van der Waals surface area contributed by atoms with Crippen molar-refractivity contribution in [3.8, 4) is 0 Å². The van der Waals surface area contributed by atoms with E-state index < -0.39 is 0 Å². The average Bonchev–Trinajstić information content (AvgIpc) is 2.83. The lowest BCUT2D eigenvalue weighted by Gasteiger charge is -2.24. The van der Waals surface area contributed by atoms with Crippen LogP contribution in [0.3, 0.4) is 0 Å². The lowest BCUT2D eigenvalue weighted by molar-refractivity contribution is 0.459. The summed E-state index contributed by atoms with van der Waals surface area (Å²) in [5.41, 5.74) is 14.7. The molecule has 0 saturated carbocycles. The van der Waals surface area contributed by atoms with Crippen LogP contribution in [0.25, 0.3) is 10.9 Å². The largest absolute Gasteiger partial charge is 0.370 e. The average molecular weight is 308 g/mol. The minimum Gasteiger partial charge on any atom is -0.370 e. The van der Waals surface area contributed by atoms with Gasteiger partial charge >= 0.3 is 0 Å². The maximum Gasteiger partial charge on any atom is 0.185 e. The van der Waals surface area contributed by atoms with Crippen LogP contribution < -0.4 is 16.8 Å². The molecule has 3 rings (SSSR count). The van der Waals surface area contributed by atoms with Crippen LogP contribution in [0.5, 0.6) is 0 Å². The van der Waals surface area contributed by atoms with E-state index in [4.69, 9.17) is 11.5 Å². The summed E-state index contributed by atoms with van der Waals surface area (Å²) < 4.78 is 0. The third-order valence-corrected chi connectivity index (χ3v) is 3.91. The van der Waals surface area contributed by atoms with Gasteiger partial charge in [0.15, 0.2) is 5.96 Å². The number of aromatic amines is 1. The van der Waals surface area contributed by atoms with E-state index >= 15 is 0 Å². The van der Waals surface area contributed by atoms with Crippen molar-refractivity contribution in [1.82, 2.24) is 10.3 Å². The lowest BCUT2D eigenvalue weighted by atomic mass is 9.96. The predicted molar refractivity (Wildman–Crippen MR) is 89.9 cm³/mol. The van der Waals surface area contributed by atoms with E-state index in [1.165, 1.54) is 22.2 Å². The monoisotopic (exact) mass is 307 g/mol. The summed E-state index contributed by atoms with van der Waals surface area (Å²) in [5.74, 6) is 0.174. The smallest absolute Gasteiger partial charge is 0.185 e. The van der Waals surface area contributed by atoms with Gasteiger partial charge in [-0.15, -0.1) is 12.4 Å². The third-order valence-electron chi connectivity index (χ3n) is 3.91. The number of halogens is 1. The Morgan fingerprint density at radius 2 is 2.10 bits per heavy atom. The second-order valence-corrected chi connectivity index (χ2v) is 5.27. The van der Waals surface area contributed by atoms with E-state index in [0.717, 1.165) is 25.8 Å². The van der Waals surface area contributed by atoms with Crippen molar-refractivity contribution in [2.45, 2.75) is 25.3 Å². The fraction of sp³-hybridized carbons (Fsp3) is 0.400. The minimum atomic E-state index is 0. The number of nitrogens with two attached hydrogens (primary N) is 2. The third kappa shape index (κ3) is 3.31. The van der Waals surface area contributed by atoms with Crippen molar-refractivity contribution in [3.05, 3.63) is 35.5 Å². The van der Waals surface area contributed by atoms with E-state index in [9.17, 15) is 0 Å². The Bertz CT molecular complexity index is 630. The van der Waals surface area contributed by atoms with E-state index in [-0.39, 0.29) is 18.4 Å². The molecule has 1 atom stereocenters. The first-order valence-corrected chi connectivity index (χ1v) is 7.14. The molecule has 1 aromatic carbocycles. The van der Waals surface area contributed by atoms with Gasteiger partial charge in [0.05, 0.1) is 0 Å². The Balaban J connectivity index is 0.00000161. The van der Waals surface area contributed by atoms with Crippen LogP contribution in [-0.4, -0.2) is 24.0 Å². The number of hydrogen-bond acceptors (Lipinski definition) is 2.